The zero-order valence-corrected chi connectivity index (χ0v) is 14.3. The molecule has 0 saturated heterocycles. The Kier molecular flexibility index (Phi) is 4.88. The van der Waals surface area contributed by atoms with Gasteiger partial charge in [-0.05, 0) is 31.4 Å². The number of aromatic nitrogens is 1. The summed E-state index contributed by atoms with van der Waals surface area (Å²) in [5.74, 6) is -1.93. The van der Waals surface area contributed by atoms with E-state index in [2.05, 4.69) is 4.98 Å². The fourth-order valence-corrected chi connectivity index (χ4v) is 2.86. The van der Waals surface area contributed by atoms with Gasteiger partial charge in [0.25, 0.3) is 0 Å². The third-order valence-corrected chi connectivity index (χ3v) is 4.48. The van der Waals surface area contributed by atoms with Crippen molar-refractivity contribution in [2.24, 2.45) is 0 Å². The van der Waals surface area contributed by atoms with Crippen molar-refractivity contribution < 1.29 is 23.8 Å². The fraction of sp³-hybridized carbons (Fsp3) is 0.316. The molecule has 6 nitrogen and oxygen atoms in total. The number of rotatable bonds is 6. The number of benzene rings is 1. The number of nitrogens with zero attached hydrogens (tertiary/aromatic N) is 2. The van der Waals surface area contributed by atoms with Gasteiger partial charge in [-0.15, -0.1) is 0 Å². The van der Waals surface area contributed by atoms with E-state index in [1.165, 1.54) is 18.0 Å². The van der Waals surface area contributed by atoms with E-state index in [1.54, 1.807) is 0 Å². The lowest BCUT2D eigenvalue weighted by Crippen LogP contribution is -2.54. The molecule has 7 heteroatoms. The second-order valence-electron chi connectivity index (χ2n) is 6.41. The van der Waals surface area contributed by atoms with Crippen LogP contribution in [0.25, 0.3) is 0 Å². The topological polar surface area (TPSA) is 79.7 Å². The molecule has 3 rings (SSSR count). The highest BCUT2D eigenvalue weighted by Crippen LogP contribution is 2.39. The summed E-state index contributed by atoms with van der Waals surface area (Å²) in [6, 6.07) is 9.93. The number of carboxylic acids is 1. The second-order valence-corrected chi connectivity index (χ2v) is 6.41. The maximum Gasteiger partial charge on any atom is 0.411 e. The maximum absolute atomic E-state index is 13.6. The zero-order chi connectivity index (χ0) is 18.7. The quantitative estimate of drug-likeness (QED) is 0.857. The van der Waals surface area contributed by atoms with Crippen molar-refractivity contribution >= 4 is 12.1 Å². The van der Waals surface area contributed by atoms with Crippen LogP contribution in [0.4, 0.5) is 9.18 Å². The molecule has 0 bridgehead atoms. The summed E-state index contributed by atoms with van der Waals surface area (Å²) in [5.41, 5.74) is -0.890. The number of amides is 1. The molecule has 1 unspecified atom stereocenters. The number of pyridine rings is 1. The number of carboxylic acid groups (broad SMARTS) is 1. The molecule has 1 saturated carbocycles. The Balaban J connectivity index is 1.89. The van der Waals surface area contributed by atoms with Crippen LogP contribution >= 0.6 is 0 Å². The minimum absolute atomic E-state index is 0.0278. The monoisotopic (exact) mass is 358 g/mol. The second kappa shape index (κ2) is 7.11. The van der Waals surface area contributed by atoms with Crippen molar-refractivity contribution in [1.82, 2.24) is 9.88 Å². The molecule has 0 radical (unpaired) electrons. The highest BCUT2D eigenvalue weighted by molar-refractivity contribution is 5.85. The molecule has 2 aromatic rings. The molecule has 26 heavy (non-hydrogen) atoms. The molecular weight excluding hydrogens is 339 g/mol. The first-order chi connectivity index (χ1) is 12.4. The third kappa shape index (κ3) is 3.51. The van der Waals surface area contributed by atoms with Crippen LogP contribution in [0.15, 0.2) is 48.8 Å². The lowest BCUT2D eigenvalue weighted by molar-refractivity contribution is -0.150. The highest BCUT2D eigenvalue weighted by atomic mass is 19.1. The van der Waals surface area contributed by atoms with Crippen molar-refractivity contribution in [3.8, 4) is 0 Å². The third-order valence-electron chi connectivity index (χ3n) is 4.48. The van der Waals surface area contributed by atoms with E-state index < -0.39 is 23.4 Å². The Morgan fingerprint density at radius 2 is 2.00 bits per heavy atom. The van der Waals surface area contributed by atoms with E-state index in [9.17, 15) is 19.1 Å². The van der Waals surface area contributed by atoms with E-state index in [0.717, 1.165) is 17.8 Å². The Morgan fingerprint density at radius 1 is 1.31 bits per heavy atom. The normalized spacial score (nSPS) is 15.8. The van der Waals surface area contributed by atoms with Crippen LogP contribution in [-0.4, -0.2) is 33.1 Å². The Bertz CT molecular complexity index is 810. The first-order valence-electron chi connectivity index (χ1n) is 8.27. The van der Waals surface area contributed by atoms with E-state index in [-0.39, 0.29) is 18.2 Å². The molecule has 1 N–H and O–H groups in total. The molecule has 1 heterocycles. The number of aliphatic carboxylic acids is 1. The van der Waals surface area contributed by atoms with Crippen molar-refractivity contribution in [2.75, 3.05) is 0 Å². The van der Waals surface area contributed by atoms with Gasteiger partial charge in [0.15, 0.2) is 5.54 Å². The summed E-state index contributed by atoms with van der Waals surface area (Å²) in [4.78, 5) is 29.7. The molecule has 1 fully saturated rings. The molecule has 136 valence electrons. The van der Waals surface area contributed by atoms with Gasteiger partial charge in [-0.1, -0.05) is 30.3 Å². The summed E-state index contributed by atoms with van der Waals surface area (Å²) in [7, 11) is 0. The van der Waals surface area contributed by atoms with E-state index >= 15 is 0 Å². The van der Waals surface area contributed by atoms with Crippen LogP contribution in [0.2, 0.25) is 0 Å². The lowest BCUT2D eigenvalue weighted by atomic mass is 9.91. The predicted molar refractivity (Wildman–Crippen MR) is 90.7 cm³/mol. The van der Waals surface area contributed by atoms with Crippen molar-refractivity contribution in [3.63, 3.8) is 0 Å². The van der Waals surface area contributed by atoms with Gasteiger partial charge in [-0.25, -0.2) is 14.0 Å². The smallest absolute Gasteiger partial charge is 0.411 e. The number of ether oxygens (including phenoxy) is 1. The number of halogens is 1. The Labute approximate surface area is 150 Å². The molecule has 1 aliphatic rings. The fourth-order valence-electron chi connectivity index (χ4n) is 2.86. The summed E-state index contributed by atoms with van der Waals surface area (Å²) >= 11 is 0. The molecule has 1 aliphatic carbocycles. The predicted octanol–water partition coefficient (Wildman–Crippen LogP) is 3.32. The number of hydrogen-bond donors (Lipinski definition) is 1. The molecule has 1 amide bonds. The first kappa shape index (κ1) is 17.8. The average Bonchev–Trinajstić information content (AvgIpc) is 3.45. The van der Waals surface area contributed by atoms with Crippen molar-refractivity contribution in [1.29, 1.82) is 0 Å². The summed E-state index contributed by atoms with van der Waals surface area (Å²) in [6.07, 6.45) is 2.85. The van der Waals surface area contributed by atoms with Gasteiger partial charge >= 0.3 is 12.1 Å². The lowest BCUT2D eigenvalue weighted by Gasteiger charge is -2.37. The minimum atomic E-state index is -1.77. The molecule has 1 aromatic carbocycles. The molecule has 0 aliphatic heterocycles. The van der Waals surface area contributed by atoms with Gasteiger partial charge in [-0.2, -0.15) is 0 Å². The van der Waals surface area contributed by atoms with E-state index in [4.69, 9.17) is 4.74 Å². The van der Waals surface area contributed by atoms with Crippen molar-refractivity contribution in [2.45, 2.75) is 38.0 Å². The SMILES string of the molecule is CC(C(=O)O)(c1cncc(F)c1)N(C(=O)OCc1ccccc1)C1CC1. The van der Waals surface area contributed by atoms with Crippen LogP contribution in [-0.2, 0) is 21.7 Å². The average molecular weight is 358 g/mol. The standard InChI is InChI=1S/C19H19FN2O4/c1-19(17(23)24,14-9-15(20)11-21-10-14)22(16-7-8-16)18(25)26-12-13-5-3-2-4-6-13/h2-6,9-11,16H,7-8,12H2,1H3,(H,23,24). The van der Waals surface area contributed by atoms with Crippen molar-refractivity contribution in [3.05, 3.63) is 65.7 Å². The van der Waals surface area contributed by atoms with Crippen LogP contribution in [0.5, 0.6) is 0 Å². The van der Waals surface area contributed by atoms with Crippen LogP contribution < -0.4 is 0 Å². The molecule has 1 aromatic heterocycles. The molecule has 1 atom stereocenters. The zero-order valence-electron chi connectivity index (χ0n) is 14.3. The van der Waals surface area contributed by atoms with Gasteiger partial charge in [0.2, 0.25) is 0 Å². The highest BCUT2D eigenvalue weighted by Gasteiger charge is 2.51. The van der Waals surface area contributed by atoms with Gasteiger partial charge in [0, 0.05) is 17.8 Å². The summed E-state index contributed by atoms with van der Waals surface area (Å²) < 4.78 is 19.0. The largest absolute Gasteiger partial charge is 0.479 e. The van der Waals surface area contributed by atoms with Gasteiger partial charge in [0.1, 0.15) is 12.4 Å². The van der Waals surface area contributed by atoms with Gasteiger partial charge in [0.05, 0.1) is 6.20 Å². The molecular formula is C19H19FN2O4. The Morgan fingerprint density at radius 3 is 2.58 bits per heavy atom. The van der Waals surface area contributed by atoms with Crippen LogP contribution in [0, 0.1) is 5.82 Å². The molecule has 0 spiro atoms. The summed E-state index contributed by atoms with van der Waals surface area (Å²) in [6.45, 7) is 1.40. The van der Waals surface area contributed by atoms with Crippen LogP contribution in [0.1, 0.15) is 30.9 Å². The number of carbonyl (C=O) groups is 2. The number of carbonyl (C=O) groups excluding carboxylic acids is 1. The van der Waals surface area contributed by atoms with Crippen LogP contribution in [0.3, 0.4) is 0 Å². The Hall–Kier alpha value is -2.96. The number of hydrogen-bond acceptors (Lipinski definition) is 4. The van der Waals surface area contributed by atoms with Gasteiger partial charge in [-0.3, -0.25) is 9.88 Å². The van der Waals surface area contributed by atoms with E-state index in [0.29, 0.717) is 12.8 Å². The summed E-state index contributed by atoms with van der Waals surface area (Å²) in [5, 5.41) is 9.86. The first-order valence-corrected chi connectivity index (χ1v) is 8.27. The van der Waals surface area contributed by atoms with Gasteiger partial charge < -0.3 is 9.84 Å². The minimum Gasteiger partial charge on any atom is -0.479 e. The van der Waals surface area contributed by atoms with E-state index in [1.807, 2.05) is 30.3 Å². The maximum atomic E-state index is 13.6.